The summed E-state index contributed by atoms with van der Waals surface area (Å²) in [6, 6.07) is 15.1. The fourth-order valence-corrected chi connectivity index (χ4v) is 2.45. The molecule has 0 aliphatic rings. The summed E-state index contributed by atoms with van der Waals surface area (Å²) in [4.78, 5) is 12.0. The third kappa shape index (κ3) is 4.44. The summed E-state index contributed by atoms with van der Waals surface area (Å²) in [6.07, 6.45) is 2.60. The van der Waals surface area contributed by atoms with E-state index in [4.69, 9.17) is 4.74 Å². The molecule has 0 unspecified atom stereocenters. The van der Waals surface area contributed by atoms with Gasteiger partial charge >= 0.3 is 0 Å². The summed E-state index contributed by atoms with van der Waals surface area (Å²) in [5, 5.41) is 13.8. The fourth-order valence-electron chi connectivity index (χ4n) is 2.45. The van der Waals surface area contributed by atoms with Crippen molar-refractivity contribution in [3.05, 3.63) is 60.4 Å². The Balaban J connectivity index is 1.51. The van der Waals surface area contributed by atoms with Crippen LogP contribution >= 0.6 is 0 Å². The molecule has 0 fully saturated rings. The highest BCUT2D eigenvalue weighted by Crippen LogP contribution is 2.20. The molecule has 0 bridgehead atoms. The van der Waals surface area contributed by atoms with Crippen LogP contribution in [0.5, 0.6) is 5.75 Å². The van der Waals surface area contributed by atoms with E-state index in [-0.39, 0.29) is 12.5 Å². The van der Waals surface area contributed by atoms with Gasteiger partial charge in [0.2, 0.25) is 0 Å². The van der Waals surface area contributed by atoms with Crippen LogP contribution in [0.2, 0.25) is 0 Å². The molecular weight excluding hydrogens is 330 g/mol. The molecule has 1 atom stereocenters. The van der Waals surface area contributed by atoms with E-state index in [2.05, 4.69) is 34.7 Å². The number of rotatable bonds is 7. The molecule has 1 amide bonds. The zero-order valence-electron chi connectivity index (χ0n) is 14.8. The molecular formula is C19H21N5O2. The van der Waals surface area contributed by atoms with Gasteiger partial charge in [-0.15, -0.1) is 5.10 Å². The van der Waals surface area contributed by atoms with E-state index in [1.165, 1.54) is 11.9 Å². The summed E-state index contributed by atoms with van der Waals surface area (Å²) in [5.41, 5.74) is 2.84. The zero-order valence-corrected chi connectivity index (χ0v) is 14.8. The topological polar surface area (TPSA) is 81.9 Å². The van der Waals surface area contributed by atoms with Gasteiger partial charge in [-0.05, 0) is 64.7 Å². The van der Waals surface area contributed by atoms with Gasteiger partial charge in [-0.1, -0.05) is 26.0 Å². The molecule has 2 aromatic carbocycles. The summed E-state index contributed by atoms with van der Waals surface area (Å²) in [7, 11) is 0. The van der Waals surface area contributed by atoms with Crippen LogP contribution in [0.3, 0.4) is 0 Å². The lowest BCUT2D eigenvalue weighted by Crippen LogP contribution is -2.20. The smallest absolute Gasteiger partial charge is 0.262 e. The van der Waals surface area contributed by atoms with Crippen molar-refractivity contribution in [2.45, 2.75) is 26.2 Å². The van der Waals surface area contributed by atoms with E-state index < -0.39 is 0 Å². The van der Waals surface area contributed by atoms with Crippen molar-refractivity contribution in [2.75, 3.05) is 11.9 Å². The van der Waals surface area contributed by atoms with Crippen LogP contribution in [0.1, 0.15) is 31.7 Å². The molecule has 1 aromatic heterocycles. The first-order valence-electron chi connectivity index (χ1n) is 8.51. The molecule has 0 aliphatic carbocycles. The van der Waals surface area contributed by atoms with Crippen molar-refractivity contribution in [2.24, 2.45) is 0 Å². The van der Waals surface area contributed by atoms with Crippen LogP contribution in [0.4, 0.5) is 5.69 Å². The Hall–Kier alpha value is -3.22. The molecule has 134 valence electrons. The average molecular weight is 351 g/mol. The lowest BCUT2D eigenvalue weighted by atomic mass is 9.99. The lowest BCUT2D eigenvalue weighted by Gasteiger charge is -2.11. The predicted molar refractivity (Wildman–Crippen MR) is 98.4 cm³/mol. The molecule has 0 saturated carbocycles. The van der Waals surface area contributed by atoms with E-state index in [1.807, 2.05) is 36.4 Å². The number of nitrogens with one attached hydrogen (secondary N) is 1. The fraction of sp³-hybridized carbons (Fsp3) is 0.263. The van der Waals surface area contributed by atoms with Gasteiger partial charge in [0.25, 0.3) is 5.91 Å². The maximum atomic E-state index is 12.0. The Morgan fingerprint density at radius 3 is 2.50 bits per heavy atom. The second-order valence-corrected chi connectivity index (χ2v) is 6.02. The lowest BCUT2D eigenvalue weighted by molar-refractivity contribution is -0.118. The van der Waals surface area contributed by atoms with Crippen LogP contribution < -0.4 is 10.1 Å². The zero-order chi connectivity index (χ0) is 18.4. The molecule has 0 saturated heterocycles. The molecule has 0 spiro atoms. The van der Waals surface area contributed by atoms with Gasteiger partial charge in [0.1, 0.15) is 12.1 Å². The van der Waals surface area contributed by atoms with Crippen molar-refractivity contribution < 1.29 is 9.53 Å². The minimum Gasteiger partial charge on any atom is -0.484 e. The number of nitrogens with zero attached hydrogens (tertiary/aromatic N) is 4. The monoisotopic (exact) mass is 351 g/mol. The number of hydrogen-bond donors (Lipinski definition) is 1. The number of hydrogen-bond acceptors (Lipinski definition) is 5. The van der Waals surface area contributed by atoms with Crippen LogP contribution in [0.15, 0.2) is 54.9 Å². The maximum absolute atomic E-state index is 12.0. The minimum atomic E-state index is -0.203. The Bertz CT molecular complexity index is 829. The van der Waals surface area contributed by atoms with Crippen LogP contribution in [-0.2, 0) is 4.79 Å². The van der Waals surface area contributed by atoms with E-state index in [0.29, 0.717) is 11.7 Å². The summed E-state index contributed by atoms with van der Waals surface area (Å²) < 4.78 is 7.06. The third-order valence-electron chi connectivity index (χ3n) is 4.20. The standard InChI is InChI=1S/C19H21N5O2/c1-3-14(2)15-4-6-16(7-5-15)21-19(25)12-26-18-10-8-17(9-11-18)24-13-20-22-23-24/h4-11,13-14H,3,12H2,1-2H3,(H,21,25)/t14-/m0/s1. The summed E-state index contributed by atoms with van der Waals surface area (Å²) in [6.45, 7) is 4.29. The molecule has 0 aliphatic heterocycles. The minimum absolute atomic E-state index is 0.0582. The summed E-state index contributed by atoms with van der Waals surface area (Å²) in [5.74, 6) is 0.911. The Morgan fingerprint density at radius 1 is 1.15 bits per heavy atom. The molecule has 0 radical (unpaired) electrons. The first-order valence-corrected chi connectivity index (χ1v) is 8.51. The van der Waals surface area contributed by atoms with Gasteiger partial charge in [0, 0.05) is 5.69 Å². The number of carbonyl (C=O) groups is 1. The third-order valence-corrected chi connectivity index (χ3v) is 4.20. The number of carbonyl (C=O) groups excluding carboxylic acids is 1. The van der Waals surface area contributed by atoms with Crippen molar-refractivity contribution in [3.63, 3.8) is 0 Å². The van der Waals surface area contributed by atoms with E-state index in [0.717, 1.165) is 17.8 Å². The maximum Gasteiger partial charge on any atom is 0.262 e. The van der Waals surface area contributed by atoms with Gasteiger partial charge in [-0.2, -0.15) is 0 Å². The first kappa shape index (κ1) is 17.6. The van der Waals surface area contributed by atoms with Crippen LogP contribution in [-0.4, -0.2) is 32.7 Å². The molecule has 3 rings (SSSR count). The van der Waals surface area contributed by atoms with Gasteiger partial charge in [0.05, 0.1) is 5.69 Å². The molecule has 1 heterocycles. The van der Waals surface area contributed by atoms with Crippen molar-refractivity contribution in [1.29, 1.82) is 0 Å². The van der Waals surface area contributed by atoms with Gasteiger partial charge in [-0.3, -0.25) is 4.79 Å². The second-order valence-electron chi connectivity index (χ2n) is 6.02. The Labute approximate surface area is 152 Å². The Morgan fingerprint density at radius 2 is 1.88 bits per heavy atom. The highest BCUT2D eigenvalue weighted by molar-refractivity contribution is 5.91. The molecule has 3 aromatic rings. The quantitative estimate of drug-likeness (QED) is 0.707. The molecule has 1 N–H and O–H groups in total. The normalized spacial score (nSPS) is 11.8. The average Bonchev–Trinajstić information content (AvgIpc) is 3.21. The molecule has 26 heavy (non-hydrogen) atoms. The van der Waals surface area contributed by atoms with E-state index in [1.54, 1.807) is 16.8 Å². The van der Waals surface area contributed by atoms with Crippen LogP contribution in [0, 0.1) is 0 Å². The van der Waals surface area contributed by atoms with Crippen molar-refractivity contribution >= 4 is 11.6 Å². The highest BCUT2D eigenvalue weighted by atomic mass is 16.5. The number of tetrazole rings is 1. The van der Waals surface area contributed by atoms with Crippen molar-refractivity contribution in [1.82, 2.24) is 20.2 Å². The number of aromatic nitrogens is 4. The molecule has 7 nitrogen and oxygen atoms in total. The first-order chi connectivity index (χ1) is 12.7. The predicted octanol–water partition coefficient (Wildman–Crippen LogP) is 3.19. The molecule has 7 heteroatoms. The van der Waals surface area contributed by atoms with Gasteiger partial charge in [0.15, 0.2) is 6.61 Å². The number of ether oxygens (including phenoxy) is 1. The number of anilines is 1. The highest BCUT2D eigenvalue weighted by Gasteiger charge is 2.06. The largest absolute Gasteiger partial charge is 0.484 e. The SMILES string of the molecule is CC[C@H](C)c1ccc(NC(=O)COc2ccc(-n3cnnn3)cc2)cc1. The van der Waals surface area contributed by atoms with Crippen LogP contribution in [0.25, 0.3) is 5.69 Å². The summed E-state index contributed by atoms with van der Waals surface area (Å²) >= 11 is 0. The van der Waals surface area contributed by atoms with E-state index in [9.17, 15) is 4.79 Å². The Kier molecular flexibility index (Phi) is 5.58. The van der Waals surface area contributed by atoms with E-state index >= 15 is 0 Å². The second kappa shape index (κ2) is 8.24. The van der Waals surface area contributed by atoms with Gasteiger partial charge in [-0.25, -0.2) is 4.68 Å². The number of benzene rings is 2. The van der Waals surface area contributed by atoms with Gasteiger partial charge < -0.3 is 10.1 Å². The van der Waals surface area contributed by atoms with Crippen molar-refractivity contribution in [3.8, 4) is 11.4 Å². The number of amides is 1.